The molecule has 0 unspecified atom stereocenters. The summed E-state index contributed by atoms with van der Waals surface area (Å²) < 4.78 is 0. The Bertz CT molecular complexity index is 412. The molecule has 2 N–H and O–H groups in total. The van der Waals surface area contributed by atoms with Gasteiger partial charge in [0.1, 0.15) is 0 Å². The molecule has 0 spiro atoms. The average Bonchev–Trinajstić information content (AvgIpc) is 2.32. The summed E-state index contributed by atoms with van der Waals surface area (Å²) in [4.78, 5) is 0. The summed E-state index contributed by atoms with van der Waals surface area (Å²) in [5.74, 6) is 1.12. The standard InChI is InChI=1S/C10H11N5/c11-7-6-9-12-14-10(15-13-9)8-4-2-1-3-5-8/h1-5H,6-7,11H2. The van der Waals surface area contributed by atoms with E-state index >= 15 is 0 Å². The zero-order valence-electron chi connectivity index (χ0n) is 8.17. The Hall–Kier alpha value is -1.88. The smallest absolute Gasteiger partial charge is 0.203 e. The third-order valence-corrected chi connectivity index (χ3v) is 1.92. The molecule has 0 atom stereocenters. The number of nitrogens with two attached hydrogens (primary N) is 1. The van der Waals surface area contributed by atoms with Crippen LogP contribution >= 0.6 is 0 Å². The van der Waals surface area contributed by atoms with Crippen molar-refractivity contribution in [2.45, 2.75) is 6.42 Å². The molecule has 1 aromatic carbocycles. The number of hydrogen-bond donors (Lipinski definition) is 1. The molecule has 0 saturated carbocycles. The topological polar surface area (TPSA) is 77.6 Å². The third-order valence-electron chi connectivity index (χ3n) is 1.92. The van der Waals surface area contributed by atoms with Crippen LogP contribution in [0.2, 0.25) is 0 Å². The largest absolute Gasteiger partial charge is 0.330 e. The highest BCUT2D eigenvalue weighted by molar-refractivity contribution is 5.52. The van der Waals surface area contributed by atoms with Crippen LogP contribution in [-0.2, 0) is 6.42 Å². The molecule has 0 aliphatic heterocycles. The molecule has 2 rings (SSSR count). The van der Waals surface area contributed by atoms with Crippen molar-refractivity contribution in [2.24, 2.45) is 5.73 Å². The number of rotatable bonds is 3. The lowest BCUT2D eigenvalue weighted by Gasteiger charge is -1.98. The summed E-state index contributed by atoms with van der Waals surface area (Å²) in [6.07, 6.45) is 0.606. The number of benzene rings is 1. The molecule has 2 aromatic rings. The van der Waals surface area contributed by atoms with E-state index in [0.717, 1.165) is 5.56 Å². The first-order chi connectivity index (χ1) is 7.40. The molecule has 1 heterocycles. The van der Waals surface area contributed by atoms with E-state index in [-0.39, 0.29) is 0 Å². The first-order valence-electron chi connectivity index (χ1n) is 4.72. The fourth-order valence-corrected chi connectivity index (χ4v) is 1.18. The Labute approximate surface area is 87.4 Å². The van der Waals surface area contributed by atoms with Crippen molar-refractivity contribution in [3.63, 3.8) is 0 Å². The maximum atomic E-state index is 5.37. The lowest BCUT2D eigenvalue weighted by atomic mass is 10.2. The molecule has 1 aromatic heterocycles. The zero-order valence-corrected chi connectivity index (χ0v) is 8.17. The zero-order chi connectivity index (χ0) is 10.5. The van der Waals surface area contributed by atoms with E-state index in [1.807, 2.05) is 30.3 Å². The molecular weight excluding hydrogens is 190 g/mol. The maximum absolute atomic E-state index is 5.37. The van der Waals surface area contributed by atoms with Gasteiger partial charge >= 0.3 is 0 Å². The molecule has 0 saturated heterocycles. The molecule has 0 aliphatic carbocycles. The Morgan fingerprint density at radius 3 is 2.20 bits per heavy atom. The summed E-state index contributed by atoms with van der Waals surface area (Å²) in [6.45, 7) is 0.508. The van der Waals surface area contributed by atoms with Crippen molar-refractivity contribution in [1.29, 1.82) is 0 Å². The van der Waals surface area contributed by atoms with Gasteiger partial charge in [0, 0.05) is 12.0 Å². The average molecular weight is 201 g/mol. The normalized spacial score (nSPS) is 10.2. The molecule has 5 nitrogen and oxygen atoms in total. The maximum Gasteiger partial charge on any atom is 0.203 e. The van der Waals surface area contributed by atoms with Gasteiger partial charge in [-0.3, -0.25) is 0 Å². The van der Waals surface area contributed by atoms with Gasteiger partial charge in [-0.15, -0.1) is 20.4 Å². The minimum Gasteiger partial charge on any atom is -0.330 e. The quantitative estimate of drug-likeness (QED) is 0.779. The Morgan fingerprint density at radius 2 is 1.60 bits per heavy atom. The predicted molar refractivity (Wildman–Crippen MR) is 55.8 cm³/mol. The van der Waals surface area contributed by atoms with Crippen molar-refractivity contribution in [3.05, 3.63) is 36.2 Å². The molecule has 0 aliphatic rings. The Kier molecular flexibility index (Phi) is 2.94. The minimum absolute atomic E-state index is 0.508. The monoisotopic (exact) mass is 201 g/mol. The molecule has 0 radical (unpaired) electrons. The highest BCUT2D eigenvalue weighted by atomic mass is 15.3. The predicted octanol–water partition coefficient (Wildman–Crippen LogP) is 0.435. The third kappa shape index (κ3) is 2.32. The van der Waals surface area contributed by atoms with E-state index in [2.05, 4.69) is 20.4 Å². The van der Waals surface area contributed by atoms with E-state index in [1.54, 1.807) is 0 Å². The molecule has 0 fully saturated rings. The van der Waals surface area contributed by atoms with E-state index in [0.29, 0.717) is 24.6 Å². The SMILES string of the molecule is NCCc1nnc(-c2ccccc2)nn1. The summed E-state index contributed by atoms with van der Waals surface area (Å²) in [5, 5.41) is 15.9. The Balaban J connectivity index is 2.24. The van der Waals surface area contributed by atoms with Crippen LogP contribution in [0.1, 0.15) is 5.82 Å². The van der Waals surface area contributed by atoms with Crippen LogP contribution in [0.4, 0.5) is 0 Å². The minimum atomic E-state index is 0.508. The summed E-state index contributed by atoms with van der Waals surface area (Å²) >= 11 is 0. The molecule has 0 bridgehead atoms. The van der Waals surface area contributed by atoms with Crippen LogP contribution in [0.15, 0.2) is 30.3 Å². The fraction of sp³-hybridized carbons (Fsp3) is 0.200. The lowest BCUT2D eigenvalue weighted by molar-refractivity contribution is 0.752. The number of hydrogen-bond acceptors (Lipinski definition) is 5. The second-order valence-electron chi connectivity index (χ2n) is 3.04. The second kappa shape index (κ2) is 4.56. The van der Waals surface area contributed by atoms with Crippen LogP contribution < -0.4 is 5.73 Å². The van der Waals surface area contributed by atoms with Crippen molar-refractivity contribution < 1.29 is 0 Å². The molecule has 0 amide bonds. The van der Waals surface area contributed by atoms with Crippen molar-refractivity contribution in [2.75, 3.05) is 6.54 Å². The second-order valence-corrected chi connectivity index (χ2v) is 3.04. The van der Waals surface area contributed by atoms with Gasteiger partial charge in [0.05, 0.1) is 0 Å². The van der Waals surface area contributed by atoms with Crippen molar-refractivity contribution in [1.82, 2.24) is 20.4 Å². The van der Waals surface area contributed by atoms with Crippen molar-refractivity contribution in [3.8, 4) is 11.4 Å². The highest BCUT2D eigenvalue weighted by Gasteiger charge is 2.02. The number of nitrogens with zero attached hydrogens (tertiary/aromatic N) is 4. The molecular formula is C10H11N5. The summed E-state index contributed by atoms with van der Waals surface area (Å²) in [7, 11) is 0. The van der Waals surface area contributed by atoms with E-state index < -0.39 is 0 Å². The lowest BCUT2D eigenvalue weighted by Crippen LogP contribution is -2.09. The first kappa shape index (κ1) is 9.67. The van der Waals surface area contributed by atoms with Gasteiger partial charge in [0.15, 0.2) is 5.82 Å². The van der Waals surface area contributed by atoms with Gasteiger partial charge in [0.2, 0.25) is 5.82 Å². The Morgan fingerprint density at radius 1 is 0.933 bits per heavy atom. The number of aromatic nitrogens is 4. The van der Waals surface area contributed by atoms with Gasteiger partial charge in [-0.05, 0) is 6.54 Å². The van der Waals surface area contributed by atoms with Crippen LogP contribution in [0.3, 0.4) is 0 Å². The molecule has 5 heteroatoms. The summed E-state index contributed by atoms with van der Waals surface area (Å²) in [5.41, 5.74) is 6.29. The van der Waals surface area contributed by atoms with Gasteiger partial charge in [-0.2, -0.15) is 0 Å². The van der Waals surface area contributed by atoms with Gasteiger partial charge in [-0.25, -0.2) is 0 Å². The molecule has 76 valence electrons. The van der Waals surface area contributed by atoms with Crippen molar-refractivity contribution >= 4 is 0 Å². The van der Waals surface area contributed by atoms with Gasteiger partial charge in [0.25, 0.3) is 0 Å². The van der Waals surface area contributed by atoms with Crippen LogP contribution in [0.25, 0.3) is 11.4 Å². The highest BCUT2D eigenvalue weighted by Crippen LogP contribution is 2.10. The van der Waals surface area contributed by atoms with Crippen LogP contribution in [-0.4, -0.2) is 26.9 Å². The molecule has 15 heavy (non-hydrogen) atoms. The fourth-order valence-electron chi connectivity index (χ4n) is 1.18. The van der Waals surface area contributed by atoms with Crippen LogP contribution in [0.5, 0.6) is 0 Å². The first-order valence-corrected chi connectivity index (χ1v) is 4.72. The van der Waals surface area contributed by atoms with Gasteiger partial charge in [-0.1, -0.05) is 30.3 Å². The van der Waals surface area contributed by atoms with E-state index in [9.17, 15) is 0 Å². The van der Waals surface area contributed by atoms with E-state index in [4.69, 9.17) is 5.73 Å². The summed E-state index contributed by atoms with van der Waals surface area (Å²) in [6, 6.07) is 9.62. The van der Waals surface area contributed by atoms with E-state index in [1.165, 1.54) is 0 Å². The van der Waals surface area contributed by atoms with Gasteiger partial charge < -0.3 is 5.73 Å². The van der Waals surface area contributed by atoms with Crippen LogP contribution in [0, 0.1) is 0 Å².